The monoisotopic (exact) mass is 564 g/mol. The molecule has 0 saturated carbocycles. The van der Waals surface area contributed by atoms with Crippen molar-refractivity contribution in [1.29, 1.82) is 0 Å². The summed E-state index contributed by atoms with van der Waals surface area (Å²) in [5.74, 6) is 1.17. The molecule has 38 heavy (non-hydrogen) atoms. The Kier molecular flexibility index (Phi) is 7.87. The summed E-state index contributed by atoms with van der Waals surface area (Å²) in [6.45, 7) is 1.80. The van der Waals surface area contributed by atoms with Crippen LogP contribution in [0.2, 0.25) is 5.02 Å². The molecular weight excluding hydrogens is 540 g/mol. The number of hydrogen-bond acceptors (Lipinski definition) is 6. The molecule has 2 N–H and O–H groups in total. The lowest BCUT2D eigenvalue weighted by atomic mass is 10.0. The Labute approximate surface area is 235 Å². The number of nitrogens with zero attached hydrogens (tertiary/aromatic N) is 2. The molecule has 5 rings (SSSR count). The van der Waals surface area contributed by atoms with Gasteiger partial charge in [0.15, 0.2) is 10.2 Å². The first kappa shape index (κ1) is 26.1. The highest BCUT2D eigenvalue weighted by molar-refractivity contribution is 7.99. The molecule has 1 amide bonds. The maximum atomic E-state index is 12.0. The van der Waals surface area contributed by atoms with E-state index in [1.165, 1.54) is 11.8 Å². The van der Waals surface area contributed by atoms with Gasteiger partial charge in [-0.1, -0.05) is 36.4 Å². The van der Waals surface area contributed by atoms with Crippen LogP contribution in [0.25, 0.3) is 0 Å². The van der Waals surface area contributed by atoms with Crippen LogP contribution >= 0.6 is 35.6 Å². The first-order valence-electron chi connectivity index (χ1n) is 12.0. The molecule has 0 radical (unpaired) electrons. The third-order valence-corrected chi connectivity index (χ3v) is 7.58. The topological polar surface area (TPSA) is 79.6 Å². The Morgan fingerprint density at radius 1 is 1.18 bits per heavy atom. The van der Waals surface area contributed by atoms with Crippen LogP contribution in [-0.4, -0.2) is 23.1 Å². The summed E-state index contributed by atoms with van der Waals surface area (Å²) in [6, 6.07) is 22.3. The van der Waals surface area contributed by atoms with E-state index >= 15 is 0 Å². The molecule has 1 fully saturated rings. The van der Waals surface area contributed by atoms with Gasteiger partial charge in [0.1, 0.15) is 17.6 Å². The number of amides is 1. The molecule has 1 aliphatic rings. The van der Waals surface area contributed by atoms with Gasteiger partial charge < -0.3 is 24.7 Å². The van der Waals surface area contributed by atoms with Crippen LogP contribution in [0, 0.1) is 0 Å². The van der Waals surface area contributed by atoms with E-state index in [9.17, 15) is 4.79 Å². The van der Waals surface area contributed by atoms with Gasteiger partial charge in [0.2, 0.25) is 5.91 Å². The van der Waals surface area contributed by atoms with Gasteiger partial charge in [0.25, 0.3) is 0 Å². The predicted octanol–water partition coefficient (Wildman–Crippen LogP) is 7.01. The van der Waals surface area contributed by atoms with Crippen molar-refractivity contribution in [3.63, 3.8) is 0 Å². The quantitative estimate of drug-likeness (QED) is 0.221. The van der Waals surface area contributed by atoms with Gasteiger partial charge in [0, 0.05) is 34.3 Å². The number of nitrogens with one attached hydrogen (secondary N) is 2. The Hall–Kier alpha value is -3.53. The largest absolute Gasteiger partial charge is 0.494 e. The van der Waals surface area contributed by atoms with E-state index in [4.69, 9.17) is 33.0 Å². The molecular formula is C28H25ClN4O3S2. The molecule has 10 heteroatoms. The fourth-order valence-corrected chi connectivity index (χ4v) is 5.51. The van der Waals surface area contributed by atoms with Crippen molar-refractivity contribution >= 4 is 58.0 Å². The van der Waals surface area contributed by atoms with E-state index in [1.54, 1.807) is 20.2 Å². The van der Waals surface area contributed by atoms with E-state index in [2.05, 4.69) is 15.6 Å². The number of rotatable bonds is 8. The van der Waals surface area contributed by atoms with Crippen LogP contribution in [-0.2, 0) is 4.79 Å². The van der Waals surface area contributed by atoms with Crippen LogP contribution in [0.15, 0.2) is 93.4 Å². The standard InChI is InChI=1S/C28H25ClN4O3S2/c1-3-24(34)31-20-12-9-18(16-23(20)35-2)33-27(26(32-28(33)37)21-6-4-5-15-30-21)22-13-14-25(36-22)38-19-10-7-17(29)8-11-19/h4-16,26-27H,3H2,1-2H3,(H,31,34)(H,32,37)/t26-,27+/m1/s1. The zero-order valence-corrected chi connectivity index (χ0v) is 23.1. The summed E-state index contributed by atoms with van der Waals surface area (Å²) >= 11 is 13.4. The number of ether oxygens (including phenoxy) is 1. The number of methoxy groups -OCH3 is 1. The van der Waals surface area contributed by atoms with Crippen molar-refractivity contribution in [2.24, 2.45) is 0 Å². The smallest absolute Gasteiger partial charge is 0.224 e. The highest BCUT2D eigenvalue weighted by Crippen LogP contribution is 2.44. The number of thiocarbonyl (C=S) groups is 1. The number of carbonyl (C=O) groups is 1. The van der Waals surface area contributed by atoms with Crippen molar-refractivity contribution in [3.05, 3.63) is 95.5 Å². The maximum absolute atomic E-state index is 12.0. The van der Waals surface area contributed by atoms with Gasteiger partial charge in [-0.3, -0.25) is 9.78 Å². The normalized spacial score (nSPS) is 16.8. The minimum Gasteiger partial charge on any atom is -0.494 e. The van der Waals surface area contributed by atoms with Crippen molar-refractivity contribution in [3.8, 4) is 5.75 Å². The van der Waals surface area contributed by atoms with Crippen LogP contribution in [0.4, 0.5) is 11.4 Å². The lowest BCUT2D eigenvalue weighted by Crippen LogP contribution is -2.29. The summed E-state index contributed by atoms with van der Waals surface area (Å²) in [5, 5.41) is 8.27. The molecule has 4 aromatic rings. The van der Waals surface area contributed by atoms with E-state index in [0.717, 1.165) is 27.1 Å². The molecule has 0 aliphatic carbocycles. The zero-order chi connectivity index (χ0) is 26.6. The molecule has 194 valence electrons. The number of benzene rings is 2. The Balaban J connectivity index is 1.52. The molecule has 7 nitrogen and oxygen atoms in total. The molecule has 3 heterocycles. The zero-order valence-electron chi connectivity index (χ0n) is 20.7. The number of halogens is 1. The summed E-state index contributed by atoms with van der Waals surface area (Å²) in [7, 11) is 1.57. The second-order valence-corrected chi connectivity index (χ2v) is 10.4. The fraction of sp³-hybridized carbons (Fsp3) is 0.179. The van der Waals surface area contributed by atoms with Crippen LogP contribution in [0.3, 0.4) is 0 Å². The van der Waals surface area contributed by atoms with Crippen molar-refractivity contribution in [2.45, 2.75) is 35.4 Å². The Bertz CT molecular complexity index is 1450. The minimum atomic E-state index is -0.322. The van der Waals surface area contributed by atoms with Crippen molar-refractivity contribution in [1.82, 2.24) is 10.3 Å². The van der Waals surface area contributed by atoms with Crippen LogP contribution < -0.4 is 20.3 Å². The summed E-state index contributed by atoms with van der Waals surface area (Å²) in [5.41, 5.74) is 2.23. The molecule has 0 bridgehead atoms. The first-order valence-corrected chi connectivity index (χ1v) is 13.6. The number of anilines is 2. The second-order valence-electron chi connectivity index (χ2n) is 8.50. The molecule has 2 atom stereocenters. The van der Waals surface area contributed by atoms with Gasteiger partial charge in [-0.15, -0.1) is 0 Å². The van der Waals surface area contributed by atoms with Gasteiger partial charge in [-0.25, -0.2) is 0 Å². The van der Waals surface area contributed by atoms with Crippen LogP contribution in [0.1, 0.15) is 36.9 Å². The minimum absolute atomic E-state index is 0.0937. The molecule has 1 saturated heterocycles. The third-order valence-electron chi connectivity index (χ3n) is 6.08. The van der Waals surface area contributed by atoms with Crippen molar-refractivity contribution < 1.29 is 13.9 Å². The van der Waals surface area contributed by atoms with Gasteiger partial charge in [-0.2, -0.15) is 0 Å². The Morgan fingerprint density at radius 3 is 2.71 bits per heavy atom. The SMILES string of the molecule is CCC(=O)Nc1ccc(N2C(=S)N[C@H](c3ccccn3)[C@@H]2c2ccc(Sc3ccc(Cl)cc3)o2)cc1OC. The second kappa shape index (κ2) is 11.5. The average Bonchev–Trinajstić information content (AvgIpc) is 3.54. The molecule has 0 unspecified atom stereocenters. The molecule has 0 spiro atoms. The summed E-state index contributed by atoms with van der Waals surface area (Å²) in [6.07, 6.45) is 2.13. The van der Waals surface area contributed by atoms with Gasteiger partial charge >= 0.3 is 0 Å². The molecule has 1 aliphatic heterocycles. The van der Waals surface area contributed by atoms with E-state index in [-0.39, 0.29) is 18.0 Å². The number of carbonyl (C=O) groups excluding carboxylic acids is 1. The number of aromatic nitrogens is 1. The third kappa shape index (κ3) is 5.50. The lowest BCUT2D eigenvalue weighted by molar-refractivity contribution is -0.115. The summed E-state index contributed by atoms with van der Waals surface area (Å²) in [4.78, 5) is 19.6. The predicted molar refractivity (Wildman–Crippen MR) is 154 cm³/mol. The van der Waals surface area contributed by atoms with Gasteiger partial charge in [0.05, 0.1) is 24.5 Å². The number of furan rings is 1. The van der Waals surface area contributed by atoms with E-state index in [1.807, 2.05) is 77.7 Å². The van der Waals surface area contributed by atoms with Crippen LogP contribution in [0.5, 0.6) is 5.75 Å². The van der Waals surface area contributed by atoms with Crippen molar-refractivity contribution in [2.75, 3.05) is 17.3 Å². The Morgan fingerprint density at radius 2 is 2.00 bits per heavy atom. The van der Waals surface area contributed by atoms with Gasteiger partial charge in [-0.05, 0) is 72.9 Å². The maximum Gasteiger partial charge on any atom is 0.224 e. The number of hydrogen-bond donors (Lipinski definition) is 2. The highest BCUT2D eigenvalue weighted by Gasteiger charge is 2.42. The molecule has 2 aromatic heterocycles. The average molecular weight is 565 g/mol. The number of pyridine rings is 1. The first-order chi connectivity index (χ1) is 18.5. The van der Waals surface area contributed by atoms with E-state index < -0.39 is 0 Å². The molecule has 2 aromatic carbocycles. The highest BCUT2D eigenvalue weighted by atomic mass is 35.5. The fourth-order valence-electron chi connectivity index (χ4n) is 4.26. The van der Waals surface area contributed by atoms with E-state index in [0.29, 0.717) is 28.0 Å². The summed E-state index contributed by atoms with van der Waals surface area (Å²) < 4.78 is 12.0. The lowest BCUT2D eigenvalue weighted by Gasteiger charge is -2.26.